The van der Waals surface area contributed by atoms with Gasteiger partial charge in [0.25, 0.3) is 0 Å². The van der Waals surface area contributed by atoms with E-state index in [2.05, 4.69) is 20.2 Å². The fourth-order valence-corrected chi connectivity index (χ4v) is 5.99. The molecular weight excluding hydrogens is 605 g/mol. The van der Waals surface area contributed by atoms with E-state index >= 15 is 0 Å². The number of hydrogen-bond donors (Lipinski definition) is 1. The molecule has 0 atom stereocenters. The molecule has 5 rings (SSSR count). The first-order valence-electron chi connectivity index (χ1n) is 14.7. The second-order valence-corrected chi connectivity index (χ2v) is 12.0. The summed E-state index contributed by atoms with van der Waals surface area (Å²) >= 11 is 12.6. The van der Waals surface area contributed by atoms with Gasteiger partial charge in [0.05, 0.1) is 18.1 Å². The molecule has 2 aliphatic heterocycles. The van der Waals surface area contributed by atoms with Crippen LogP contribution in [0.2, 0.25) is 10.0 Å². The van der Waals surface area contributed by atoms with E-state index in [9.17, 15) is 9.59 Å². The number of pyridine rings is 1. The number of ether oxygens (including phenoxy) is 2. The SMILES string of the molecule is COCC(=O)N1CCN(c2ncc(Oc3cc(CN4CCC(CNC(C)=O)CC4)cc(-c4cc(Cl)cc(Cl)c4)n3)cn2)CC1. The Morgan fingerprint density at radius 1 is 0.955 bits per heavy atom. The third-order valence-corrected chi connectivity index (χ3v) is 8.23. The Bertz CT molecular complexity index is 1420. The quantitative estimate of drug-likeness (QED) is 0.346. The first-order chi connectivity index (χ1) is 21.2. The molecule has 11 nitrogen and oxygen atoms in total. The topological polar surface area (TPSA) is 113 Å². The zero-order chi connectivity index (χ0) is 31.1. The maximum Gasteiger partial charge on any atom is 0.248 e. The van der Waals surface area contributed by atoms with Crippen molar-refractivity contribution in [2.75, 3.05) is 64.4 Å². The molecule has 4 heterocycles. The number of amides is 2. The highest BCUT2D eigenvalue weighted by molar-refractivity contribution is 6.35. The number of nitrogens with one attached hydrogen (secondary N) is 1. The fraction of sp³-hybridized carbons (Fsp3) is 0.452. The summed E-state index contributed by atoms with van der Waals surface area (Å²) in [6, 6.07) is 9.32. The Morgan fingerprint density at radius 3 is 2.27 bits per heavy atom. The number of methoxy groups -OCH3 is 1. The third-order valence-electron chi connectivity index (χ3n) is 7.79. The molecule has 234 valence electrons. The largest absolute Gasteiger partial charge is 0.436 e. The van der Waals surface area contributed by atoms with Crippen molar-refractivity contribution in [3.05, 3.63) is 58.3 Å². The Labute approximate surface area is 267 Å². The molecule has 3 aromatic rings. The minimum Gasteiger partial charge on any atom is -0.436 e. The van der Waals surface area contributed by atoms with Crippen molar-refractivity contribution in [1.82, 2.24) is 30.1 Å². The predicted molar refractivity (Wildman–Crippen MR) is 169 cm³/mol. The van der Waals surface area contributed by atoms with Gasteiger partial charge in [-0.25, -0.2) is 15.0 Å². The molecule has 0 spiro atoms. The number of halogens is 2. The molecule has 0 radical (unpaired) electrons. The molecule has 2 fully saturated rings. The average Bonchev–Trinajstić information content (AvgIpc) is 3.01. The van der Waals surface area contributed by atoms with Crippen LogP contribution in [0.5, 0.6) is 11.6 Å². The standard InChI is InChI=1S/C31H37Cl2N7O4/c1-21(41)34-16-22-3-5-38(6-4-22)19-23-11-28(24-13-25(32)15-26(33)14-24)37-29(12-23)44-27-17-35-31(36-18-27)40-9-7-39(8-10-40)30(42)20-43-2/h11-15,17-18,22H,3-10,16,19-20H2,1-2H3,(H,34,41). The Balaban J connectivity index is 1.28. The van der Waals surface area contributed by atoms with Gasteiger partial charge < -0.3 is 24.6 Å². The zero-order valence-electron chi connectivity index (χ0n) is 25.0. The Hall–Kier alpha value is -3.51. The van der Waals surface area contributed by atoms with Crippen molar-refractivity contribution < 1.29 is 19.1 Å². The first-order valence-corrected chi connectivity index (χ1v) is 15.5. The second kappa shape index (κ2) is 15.0. The maximum absolute atomic E-state index is 12.1. The predicted octanol–water partition coefficient (Wildman–Crippen LogP) is 4.28. The number of hydrogen-bond acceptors (Lipinski definition) is 9. The highest BCUT2D eigenvalue weighted by Crippen LogP contribution is 2.31. The van der Waals surface area contributed by atoms with Crippen LogP contribution in [0.3, 0.4) is 0 Å². The van der Waals surface area contributed by atoms with E-state index in [1.54, 1.807) is 30.3 Å². The smallest absolute Gasteiger partial charge is 0.248 e. The monoisotopic (exact) mass is 641 g/mol. The number of piperidine rings is 1. The summed E-state index contributed by atoms with van der Waals surface area (Å²) in [6.07, 6.45) is 5.31. The minimum atomic E-state index is -0.0163. The molecular formula is C31H37Cl2N7O4. The molecule has 44 heavy (non-hydrogen) atoms. The van der Waals surface area contributed by atoms with Crippen LogP contribution >= 0.6 is 23.2 Å². The molecule has 1 aromatic carbocycles. The summed E-state index contributed by atoms with van der Waals surface area (Å²) in [5.41, 5.74) is 2.53. The third kappa shape index (κ3) is 8.78. The lowest BCUT2D eigenvalue weighted by molar-refractivity contribution is -0.135. The summed E-state index contributed by atoms with van der Waals surface area (Å²) < 4.78 is 11.1. The number of likely N-dealkylation sites (tertiary alicyclic amines) is 1. The molecule has 0 bridgehead atoms. The van der Waals surface area contributed by atoms with Gasteiger partial charge in [-0.2, -0.15) is 0 Å². The molecule has 0 unspecified atom stereocenters. The van der Waals surface area contributed by atoms with Gasteiger partial charge in [0.1, 0.15) is 6.61 Å². The van der Waals surface area contributed by atoms with Gasteiger partial charge in [-0.3, -0.25) is 14.5 Å². The van der Waals surface area contributed by atoms with Crippen molar-refractivity contribution in [2.45, 2.75) is 26.3 Å². The highest BCUT2D eigenvalue weighted by atomic mass is 35.5. The van der Waals surface area contributed by atoms with Crippen molar-refractivity contribution in [2.24, 2.45) is 5.92 Å². The normalized spacial score (nSPS) is 16.2. The minimum absolute atomic E-state index is 0.0136. The summed E-state index contributed by atoms with van der Waals surface area (Å²) in [5, 5.41) is 3.99. The number of rotatable bonds is 10. The molecule has 2 amide bonds. The van der Waals surface area contributed by atoms with E-state index in [0.29, 0.717) is 65.4 Å². The number of carbonyl (C=O) groups is 2. The lowest BCUT2D eigenvalue weighted by Gasteiger charge is -2.34. The molecule has 1 N–H and O–H groups in total. The van der Waals surface area contributed by atoms with Crippen molar-refractivity contribution in [3.8, 4) is 22.9 Å². The zero-order valence-corrected chi connectivity index (χ0v) is 26.5. The van der Waals surface area contributed by atoms with Crippen LogP contribution in [0.1, 0.15) is 25.3 Å². The van der Waals surface area contributed by atoms with Crippen LogP contribution in [0.25, 0.3) is 11.3 Å². The summed E-state index contributed by atoms with van der Waals surface area (Å²) in [5.74, 6) is 1.93. The van der Waals surface area contributed by atoms with E-state index < -0.39 is 0 Å². The summed E-state index contributed by atoms with van der Waals surface area (Å²) in [7, 11) is 1.52. The lowest BCUT2D eigenvalue weighted by atomic mass is 9.96. The molecule has 2 aliphatic rings. The van der Waals surface area contributed by atoms with E-state index in [-0.39, 0.29) is 18.4 Å². The van der Waals surface area contributed by atoms with Crippen LogP contribution < -0.4 is 15.0 Å². The van der Waals surface area contributed by atoms with Gasteiger partial charge in [-0.05, 0) is 61.7 Å². The molecule has 2 saturated heterocycles. The second-order valence-electron chi connectivity index (χ2n) is 11.1. The van der Waals surface area contributed by atoms with Crippen molar-refractivity contribution >= 4 is 41.0 Å². The van der Waals surface area contributed by atoms with Crippen LogP contribution in [-0.2, 0) is 20.9 Å². The van der Waals surface area contributed by atoms with E-state index in [1.807, 2.05) is 29.2 Å². The Kier molecular flexibility index (Phi) is 10.9. The van der Waals surface area contributed by atoms with E-state index in [1.165, 1.54) is 7.11 Å². The molecule has 0 saturated carbocycles. The number of anilines is 1. The number of piperazine rings is 1. The van der Waals surface area contributed by atoms with Gasteiger partial charge in [0.2, 0.25) is 23.6 Å². The molecule has 2 aromatic heterocycles. The Morgan fingerprint density at radius 2 is 1.64 bits per heavy atom. The lowest BCUT2D eigenvalue weighted by Crippen LogP contribution is -2.50. The number of aromatic nitrogens is 3. The van der Waals surface area contributed by atoms with Crippen LogP contribution in [0, 0.1) is 5.92 Å². The van der Waals surface area contributed by atoms with E-state index in [4.69, 9.17) is 37.7 Å². The number of carbonyl (C=O) groups excluding carboxylic acids is 2. The fourth-order valence-electron chi connectivity index (χ4n) is 5.46. The van der Waals surface area contributed by atoms with Crippen LogP contribution in [0.15, 0.2) is 42.7 Å². The van der Waals surface area contributed by atoms with Gasteiger partial charge in [-0.15, -0.1) is 0 Å². The van der Waals surface area contributed by atoms with Gasteiger partial charge in [-0.1, -0.05) is 23.2 Å². The molecule has 13 heteroatoms. The molecule has 0 aliphatic carbocycles. The number of benzene rings is 1. The van der Waals surface area contributed by atoms with Gasteiger partial charge in [0.15, 0.2) is 5.75 Å². The highest BCUT2D eigenvalue weighted by Gasteiger charge is 2.23. The number of nitrogens with zero attached hydrogens (tertiary/aromatic N) is 6. The van der Waals surface area contributed by atoms with Crippen LogP contribution in [-0.4, -0.2) is 96.1 Å². The first kappa shape index (κ1) is 31.9. The summed E-state index contributed by atoms with van der Waals surface area (Å²) in [4.78, 5) is 43.4. The van der Waals surface area contributed by atoms with E-state index in [0.717, 1.165) is 50.1 Å². The van der Waals surface area contributed by atoms with Gasteiger partial charge in [0, 0.05) is 75.0 Å². The van der Waals surface area contributed by atoms with Crippen LogP contribution in [0.4, 0.5) is 5.95 Å². The van der Waals surface area contributed by atoms with Crippen molar-refractivity contribution in [3.63, 3.8) is 0 Å². The maximum atomic E-state index is 12.1. The van der Waals surface area contributed by atoms with Crippen molar-refractivity contribution in [1.29, 1.82) is 0 Å². The average molecular weight is 643 g/mol. The van der Waals surface area contributed by atoms with Gasteiger partial charge >= 0.3 is 0 Å². The summed E-state index contributed by atoms with van der Waals surface area (Å²) in [6.45, 7) is 7.40.